The molecule has 0 unspecified atom stereocenters. The van der Waals surface area contributed by atoms with Gasteiger partial charge < -0.3 is 4.74 Å². The van der Waals surface area contributed by atoms with Gasteiger partial charge in [0.05, 0.1) is 28.9 Å². The van der Waals surface area contributed by atoms with Crippen molar-refractivity contribution in [2.75, 3.05) is 6.26 Å². The number of ether oxygens (including phenoxy) is 1. The number of benzene rings is 2. The lowest BCUT2D eigenvalue weighted by molar-refractivity contribution is -0.274. The van der Waals surface area contributed by atoms with Gasteiger partial charge in [0.15, 0.2) is 0 Å². The van der Waals surface area contributed by atoms with E-state index in [0.29, 0.717) is 0 Å². The molecule has 13 heteroatoms. The standard InChI is InChI=1S/C19H14F6N2O4S/c1-32(28,29)30-11-14-10-17(12-4-2-7-16(8-12)31-19(23,24)25)27(26-14)15-6-3-5-13(9-15)18(20,21)22/h2-10H,11H2,1H3. The van der Waals surface area contributed by atoms with Gasteiger partial charge in [0.1, 0.15) is 12.4 Å². The average molecular weight is 480 g/mol. The molecule has 0 aliphatic carbocycles. The highest BCUT2D eigenvalue weighted by Gasteiger charge is 2.32. The van der Waals surface area contributed by atoms with Gasteiger partial charge in [-0.25, -0.2) is 4.68 Å². The maximum absolute atomic E-state index is 13.1. The molecule has 6 nitrogen and oxygen atoms in total. The summed E-state index contributed by atoms with van der Waals surface area (Å²) >= 11 is 0. The van der Waals surface area contributed by atoms with Crippen LogP contribution in [-0.2, 0) is 27.1 Å². The predicted molar refractivity (Wildman–Crippen MR) is 100 cm³/mol. The number of hydrogen-bond donors (Lipinski definition) is 0. The van der Waals surface area contributed by atoms with Crippen molar-refractivity contribution in [3.05, 3.63) is 65.9 Å². The van der Waals surface area contributed by atoms with Crippen LogP contribution in [0.3, 0.4) is 0 Å². The first-order valence-corrected chi connectivity index (χ1v) is 10.5. The van der Waals surface area contributed by atoms with E-state index < -0.39 is 40.6 Å². The summed E-state index contributed by atoms with van der Waals surface area (Å²) in [7, 11) is -3.85. The molecule has 1 aromatic heterocycles. The maximum Gasteiger partial charge on any atom is 0.573 e. The van der Waals surface area contributed by atoms with Crippen LogP contribution in [0.4, 0.5) is 26.3 Å². The molecule has 2 aromatic carbocycles. The Morgan fingerprint density at radius 3 is 2.28 bits per heavy atom. The lowest BCUT2D eigenvalue weighted by Crippen LogP contribution is -2.17. The van der Waals surface area contributed by atoms with Crippen molar-refractivity contribution in [2.24, 2.45) is 0 Å². The van der Waals surface area contributed by atoms with Gasteiger partial charge in [0, 0.05) is 5.56 Å². The van der Waals surface area contributed by atoms with E-state index in [1.54, 1.807) is 0 Å². The molecule has 0 spiro atoms. The molecule has 0 saturated carbocycles. The Morgan fingerprint density at radius 2 is 1.66 bits per heavy atom. The highest BCUT2D eigenvalue weighted by Crippen LogP contribution is 2.33. The summed E-state index contributed by atoms with van der Waals surface area (Å²) in [6.45, 7) is -0.531. The van der Waals surface area contributed by atoms with Gasteiger partial charge in [-0.15, -0.1) is 13.2 Å². The molecule has 0 fully saturated rings. The normalized spacial score (nSPS) is 12.7. The largest absolute Gasteiger partial charge is 0.573 e. The van der Waals surface area contributed by atoms with E-state index in [0.717, 1.165) is 41.3 Å². The van der Waals surface area contributed by atoms with Crippen molar-refractivity contribution in [2.45, 2.75) is 19.1 Å². The summed E-state index contributed by atoms with van der Waals surface area (Å²) in [5.41, 5.74) is -0.793. The zero-order valence-electron chi connectivity index (χ0n) is 16.1. The van der Waals surface area contributed by atoms with Crippen molar-refractivity contribution >= 4 is 10.1 Å². The van der Waals surface area contributed by atoms with E-state index in [1.807, 2.05) is 0 Å². The van der Waals surface area contributed by atoms with Crippen LogP contribution in [0, 0.1) is 0 Å². The summed E-state index contributed by atoms with van der Waals surface area (Å²) in [5.74, 6) is -0.555. The number of hydrogen-bond acceptors (Lipinski definition) is 5. The molecule has 0 aliphatic heterocycles. The Kier molecular flexibility index (Phi) is 6.24. The van der Waals surface area contributed by atoms with Gasteiger partial charge in [-0.3, -0.25) is 4.18 Å². The maximum atomic E-state index is 13.1. The molecule has 0 amide bonds. The quantitative estimate of drug-likeness (QED) is 0.370. The Hall–Kier alpha value is -3.06. The van der Waals surface area contributed by atoms with Crippen LogP contribution in [0.15, 0.2) is 54.6 Å². The highest BCUT2D eigenvalue weighted by molar-refractivity contribution is 7.85. The fourth-order valence-corrected chi connectivity index (χ4v) is 3.07. The van der Waals surface area contributed by atoms with Gasteiger partial charge in [-0.05, 0) is 36.4 Å². The zero-order chi connectivity index (χ0) is 23.7. The molecule has 0 aliphatic rings. The molecule has 1 heterocycles. The average Bonchev–Trinajstić information content (AvgIpc) is 3.09. The molecule has 3 rings (SSSR count). The first-order chi connectivity index (χ1) is 14.7. The number of rotatable bonds is 6. The molecule has 0 saturated heterocycles. The van der Waals surface area contributed by atoms with Crippen LogP contribution in [-0.4, -0.2) is 30.8 Å². The summed E-state index contributed by atoms with van der Waals surface area (Å²) in [6.07, 6.45) is -8.80. The molecule has 0 radical (unpaired) electrons. The zero-order valence-corrected chi connectivity index (χ0v) is 16.9. The third-order valence-corrected chi connectivity index (χ3v) is 4.51. The molecular formula is C19H14F6N2O4S. The fourth-order valence-electron chi connectivity index (χ4n) is 2.74. The molecule has 0 atom stereocenters. The van der Waals surface area contributed by atoms with E-state index >= 15 is 0 Å². The van der Waals surface area contributed by atoms with Gasteiger partial charge in [0.25, 0.3) is 10.1 Å². The van der Waals surface area contributed by atoms with Crippen LogP contribution in [0.2, 0.25) is 0 Å². The van der Waals surface area contributed by atoms with Crippen LogP contribution in [0.5, 0.6) is 5.75 Å². The molecule has 172 valence electrons. The Bertz CT molecular complexity index is 1220. The Balaban J connectivity index is 2.11. The SMILES string of the molecule is CS(=O)(=O)OCc1cc(-c2cccc(OC(F)(F)F)c2)n(-c2cccc(C(F)(F)F)c2)n1. The summed E-state index contributed by atoms with van der Waals surface area (Å²) < 4.78 is 109. The number of aromatic nitrogens is 2. The smallest absolute Gasteiger partial charge is 0.406 e. The molecule has 3 aromatic rings. The van der Waals surface area contributed by atoms with Crippen molar-refractivity contribution in [3.63, 3.8) is 0 Å². The van der Waals surface area contributed by atoms with Crippen LogP contribution in [0.25, 0.3) is 16.9 Å². The van der Waals surface area contributed by atoms with Crippen molar-refractivity contribution < 1.29 is 43.7 Å². The minimum atomic E-state index is -4.95. The first kappa shape index (κ1) is 23.6. The van der Waals surface area contributed by atoms with Crippen molar-refractivity contribution in [1.82, 2.24) is 9.78 Å². The van der Waals surface area contributed by atoms with E-state index in [9.17, 15) is 34.8 Å². The van der Waals surface area contributed by atoms with E-state index in [2.05, 4.69) is 14.0 Å². The van der Waals surface area contributed by atoms with E-state index in [-0.39, 0.29) is 22.6 Å². The molecule has 32 heavy (non-hydrogen) atoms. The molecule has 0 N–H and O–H groups in total. The number of nitrogens with zero attached hydrogens (tertiary/aromatic N) is 2. The van der Waals surface area contributed by atoms with Crippen molar-refractivity contribution in [3.8, 4) is 22.7 Å². The lowest BCUT2D eigenvalue weighted by Gasteiger charge is -2.13. The third kappa shape index (κ3) is 6.23. The number of halogens is 6. The Labute approximate surface area is 178 Å². The molecular weight excluding hydrogens is 466 g/mol. The topological polar surface area (TPSA) is 70.4 Å². The number of alkyl halides is 6. The minimum absolute atomic E-state index is 0.0185. The van der Waals surface area contributed by atoms with Gasteiger partial charge in [-0.1, -0.05) is 18.2 Å². The second-order valence-corrected chi connectivity index (χ2v) is 8.17. The fraction of sp³-hybridized carbons (Fsp3) is 0.211. The van der Waals surface area contributed by atoms with Crippen LogP contribution < -0.4 is 4.74 Å². The van der Waals surface area contributed by atoms with E-state index in [4.69, 9.17) is 0 Å². The minimum Gasteiger partial charge on any atom is -0.406 e. The second kappa shape index (κ2) is 8.47. The Morgan fingerprint density at radius 1 is 0.969 bits per heavy atom. The summed E-state index contributed by atoms with van der Waals surface area (Å²) in [6, 6.07) is 10.1. The van der Waals surface area contributed by atoms with Gasteiger partial charge >= 0.3 is 12.5 Å². The molecule has 0 bridgehead atoms. The van der Waals surface area contributed by atoms with Crippen LogP contribution >= 0.6 is 0 Å². The monoisotopic (exact) mass is 480 g/mol. The van der Waals surface area contributed by atoms with Gasteiger partial charge in [-0.2, -0.15) is 26.7 Å². The lowest BCUT2D eigenvalue weighted by atomic mass is 10.1. The highest BCUT2D eigenvalue weighted by atomic mass is 32.2. The van der Waals surface area contributed by atoms with E-state index in [1.165, 1.54) is 24.3 Å². The summed E-state index contributed by atoms with van der Waals surface area (Å²) in [5, 5.41) is 4.08. The first-order valence-electron chi connectivity index (χ1n) is 8.68. The summed E-state index contributed by atoms with van der Waals surface area (Å²) in [4.78, 5) is 0. The van der Waals surface area contributed by atoms with Gasteiger partial charge in [0.2, 0.25) is 0 Å². The second-order valence-electron chi connectivity index (χ2n) is 6.52. The predicted octanol–water partition coefficient (Wildman–Crippen LogP) is 4.93. The van der Waals surface area contributed by atoms with Crippen LogP contribution in [0.1, 0.15) is 11.3 Å². The van der Waals surface area contributed by atoms with Crippen molar-refractivity contribution in [1.29, 1.82) is 0 Å². The third-order valence-electron chi connectivity index (χ3n) is 3.96.